The summed E-state index contributed by atoms with van der Waals surface area (Å²) < 4.78 is 7.40. The lowest BCUT2D eigenvalue weighted by molar-refractivity contribution is 0.0752. The summed E-state index contributed by atoms with van der Waals surface area (Å²) in [6.07, 6.45) is 6.00. The number of nitrogens with one attached hydrogen (secondary N) is 2. The Labute approximate surface area is 164 Å². The fraction of sp³-hybridized carbons (Fsp3) is 0.429. The number of hydrogen-bond donors (Lipinski definition) is 3. The van der Waals surface area contributed by atoms with Gasteiger partial charge in [-0.15, -0.1) is 0 Å². The van der Waals surface area contributed by atoms with Crippen LogP contribution >= 0.6 is 0 Å². The molecule has 0 radical (unpaired) electrons. The first-order chi connectivity index (χ1) is 13.5. The van der Waals surface area contributed by atoms with Crippen molar-refractivity contribution in [3.8, 4) is 17.1 Å². The van der Waals surface area contributed by atoms with Gasteiger partial charge in [0.15, 0.2) is 0 Å². The van der Waals surface area contributed by atoms with Gasteiger partial charge in [0.2, 0.25) is 0 Å². The van der Waals surface area contributed by atoms with E-state index in [0.717, 1.165) is 42.4 Å². The van der Waals surface area contributed by atoms with Crippen molar-refractivity contribution in [1.82, 2.24) is 19.7 Å². The molecule has 4 rings (SSSR count). The van der Waals surface area contributed by atoms with Gasteiger partial charge in [-0.2, -0.15) is 0 Å². The van der Waals surface area contributed by atoms with Crippen molar-refractivity contribution in [2.24, 2.45) is 0 Å². The maximum absolute atomic E-state index is 10.5. The number of pyridine rings is 2. The summed E-state index contributed by atoms with van der Waals surface area (Å²) in [6.45, 7) is 5.53. The Hall–Kier alpha value is -2.64. The van der Waals surface area contributed by atoms with E-state index in [1.54, 1.807) is 27.2 Å². The SMILES string of the molecule is COc1cc2ncc(-c3cccc(N[C@H]4CCCNC4)n3)n2cc1C(C)(C)O. The van der Waals surface area contributed by atoms with E-state index < -0.39 is 5.60 Å². The maximum atomic E-state index is 10.5. The molecule has 3 N–H and O–H groups in total. The molecule has 0 bridgehead atoms. The van der Waals surface area contributed by atoms with Gasteiger partial charge in [0, 0.05) is 30.4 Å². The van der Waals surface area contributed by atoms with Gasteiger partial charge in [-0.05, 0) is 45.4 Å². The first-order valence-corrected chi connectivity index (χ1v) is 9.68. The number of ether oxygens (including phenoxy) is 1. The highest BCUT2D eigenvalue weighted by atomic mass is 16.5. The number of fused-ring (bicyclic) bond motifs is 1. The van der Waals surface area contributed by atoms with Gasteiger partial charge in [0.05, 0.1) is 30.3 Å². The third-order valence-corrected chi connectivity index (χ3v) is 5.15. The molecule has 148 valence electrons. The van der Waals surface area contributed by atoms with E-state index in [4.69, 9.17) is 9.72 Å². The predicted molar refractivity (Wildman–Crippen MR) is 110 cm³/mol. The van der Waals surface area contributed by atoms with Crippen molar-refractivity contribution < 1.29 is 9.84 Å². The predicted octanol–water partition coefficient (Wildman–Crippen LogP) is 2.80. The minimum absolute atomic E-state index is 0.393. The summed E-state index contributed by atoms with van der Waals surface area (Å²) >= 11 is 0. The number of aliphatic hydroxyl groups is 1. The molecule has 3 aromatic rings. The van der Waals surface area contributed by atoms with Gasteiger partial charge in [0.25, 0.3) is 0 Å². The van der Waals surface area contributed by atoms with Crippen molar-refractivity contribution in [2.75, 3.05) is 25.5 Å². The second-order valence-electron chi connectivity index (χ2n) is 7.78. The normalized spacial score (nSPS) is 17.6. The minimum Gasteiger partial charge on any atom is -0.496 e. The number of anilines is 1. The fourth-order valence-corrected chi connectivity index (χ4v) is 3.67. The minimum atomic E-state index is -1.04. The molecule has 1 atom stereocenters. The maximum Gasteiger partial charge on any atom is 0.140 e. The van der Waals surface area contributed by atoms with E-state index in [0.29, 0.717) is 17.4 Å². The monoisotopic (exact) mass is 381 g/mol. The zero-order valence-electron chi connectivity index (χ0n) is 16.6. The average Bonchev–Trinajstić information content (AvgIpc) is 3.10. The Bertz CT molecular complexity index is 971. The van der Waals surface area contributed by atoms with E-state index in [1.165, 1.54) is 6.42 Å². The van der Waals surface area contributed by atoms with Crippen LogP contribution in [0.1, 0.15) is 32.3 Å². The fourth-order valence-electron chi connectivity index (χ4n) is 3.67. The van der Waals surface area contributed by atoms with Crippen LogP contribution in [-0.2, 0) is 5.60 Å². The molecule has 4 heterocycles. The number of nitrogens with zero attached hydrogens (tertiary/aromatic N) is 3. The van der Waals surface area contributed by atoms with Crippen molar-refractivity contribution in [1.29, 1.82) is 0 Å². The number of methoxy groups -OCH3 is 1. The van der Waals surface area contributed by atoms with Crippen LogP contribution in [-0.4, -0.2) is 45.7 Å². The Morgan fingerprint density at radius 3 is 2.93 bits per heavy atom. The quantitative estimate of drug-likeness (QED) is 0.630. The summed E-state index contributed by atoms with van der Waals surface area (Å²) in [5.74, 6) is 1.47. The third kappa shape index (κ3) is 3.68. The Morgan fingerprint density at radius 1 is 1.36 bits per heavy atom. The molecule has 7 nitrogen and oxygen atoms in total. The molecule has 0 amide bonds. The van der Waals surface area contributed by atoms with Gasteiger partial charge in [-0.3, -0.25) is 4.40 Å². The van der Waals surface area contributed by atoms with Crippen molar-refractivity contribution >= 4 is 11.5 Å². The Morgan fingerprint density at radius 2 is 2.21 bits per heavy atom. The van der Waals surface area contributed by atoms with E-state index in [2.05, 4.69) is 15.6 Å². The van der Waals surface area contributed by atoms with Crippen LogP contribution in [0.15, 0.2) is 36.7 Å². The van der Waals surface area contributed by atoms with Crippen molar-refractivity contribution in [3.05, 3.63) is 42.2 Å². The number of piperidine rings is 1. The average molecular weight is 381 g/mol. The molecule has 3 aromatic heterocycles. The molecule has 0 unspecified atom stereocenters. The van der Waals surface area contributed by atoms with Gasteiger partial charge in [-0.1, -0.05) is 6.07 Å². The molecular formula is C21H27N5O2. The van der Waals surface area contributed by atoms with E-state index in [-0.39, 0.29) is 0 Å². The Kier molecular flexibility index (Phi) is 4.95. The number of hydrogen-bond acceptors (Lipinski definition) is 6. The highest BCUT2D eigenvalue weighted by Gasteiger charge is 2.23. The van der Waals surface area contributed by atoms with Crippen LogP contribution in [0, 0.1) is 0 Å². The molecule has 1 saturated heterocycles. The first-order valence-electron chi connectivity index (χ1n) is 9.68. The van der Waals surface area contributed by atoms with Crippen LogP contribution in [0.2, 0.25) is 0 Å². The van der Waals surface area contributed by atoms with Crippen molar-refractivity contribution in [3.63, 3.8) is 0 Å². The number of aromatic nitrogens is 3. The summed E-state index contributed by atoms with van der Waals surface area (Å²) in [5, 5.41) is 17.5. The molecule has 28 heavy (non-hydrogen) atoms. The second-order valence-corrected chi connectivity index (χ2v) is 7.78. The smallest absolute Gasteiger partial charge is 0.140 e. The molecular weight excluding hydrogens is 354 g/mol. The van der Waals surface area contributed by atoms with Crippen molar-refractivity contribution in [2.45, 2.75) is 38.3 Å². The van der Waals surface area contributed by atoms with Crippen LogP contribution in [0.3, 0.4) is 0 Å². The van der Waals surface area contributed by atoms with Crippen LogP contribution in [0.4, 0.5) is 5.82 Å². The standard InChI is InChI=1S/C21H27N5O2/c1-21(2,27)15-13-26-17(12-23-20(26)10-18(15)28-3)16-7-4-8-19(25-16)24-14-6-5-9-22-11-14/h4,7-8,10,12-14,22,27H,5-6,9,11H2,1-3H3,(H,24,25)/t14-/m0/s1. The molecule has 7 heteroatoms. The van der Waals surface area contributed by atoms with E-state index in [1.807, 2.05) is 34.9 Å². The largest absolute Gasteiger partial charge is 0.496 e. The van der Waals surface area contributed by atoms with Gasteiger partial charge >= 0.3 is 0 Å². The topological polar surface area (TPSA) is 83.7 Å². The van der Waals surface area contributed by atoms with E-state index in [9.17, 15) is 5.11 Å². The van der Waals surface area contributed by atoms with Gasteiger partial charge in [-0.25, -0.2) is 9.97 Å². The van der Waals surface area contributed by atoms with Crippen LogP contribution < -0.4 is 15.4 Å². The molecule has 1 aliphatic rings. The zero-order chi connectivity index (χ0) is 19.7. The molecule has 0 saturated carbocycles. The second kappa shape index (κ2) is 7.41. The lowest BCUT2D eigenvalue weighted by Gasteiger charge is -2.24. The summed E-state index contributed by atoms with van der Waals surface area (Å²) in [6, 6.07) is 8.20. The van der Waals surface area contributed by atoms with Gasteiger partial charge < -0.3 is 20.5 Å². The Balaban J connectivity index is 1.72. The highest BCUT2D eigenvalue weighted by Crippen LogP contribution is 2.32. The molecule has 0 aliphatic carbocycles. The molecule has 1 fully saturated rings. The molecule has 0 spiro atoms. The summed E-state index contributed by atoms with van der Waals surface area (Å²) in [7, 11) is 1.60. The highest BCUT2D eigenvalue weighted by molar-refractivity contribution is 5.64. The zero-order valence-corrected chi connectivity index (χ0v) is 16.6. The van der Waals surface area contributed by atoms with Gasteiger partial charge in [0.1, 0.15) is 17.2 Å². The van der Waals surface area contributed by atoms with Crippen LogP contribution in [0.5, 0.6) is 5.75 Å². The first kappa shape index (κ1) is 18.7. The number of imidazole rings is 1. The lowest BCUT2D eigenvalue weighted by atomic mass is 9.99. The molecule has 0 aromatic carbocycles. The third-order valence-electron chi connectivity index (χ3n) is 5.15. The summed E-state index contributed by atoms with van der Waals surface area (Å²) in [5.41, 5.74) is 2.11. The molecule has 1 aliphatic heterocycles. The number of rotatable bonds is 5. The summed E-state index contributed by atoms with van der Waals surface area (Å²) in [4.78, 5) is 9.30. The van der Waals surface area contributed by atoms with Crippen LogP contribution in [0.25, 0.3) is 17.0 Å². The van der Waals surface area contributed by atoms with E-state index >= 15 is 0 Å². The lowest BCUT2D eigenvalue weighted by Crippen LogP contribution is -2.38.